The first-order valence-electron chi connectivity index (χ1n) is 4.92. The van der Waals surface area contributed by atoms with Gasteiger partial charge in [0.05, 0.1) is 6.61 Å². The van der Waals surface area contributed by atoms with Crippen molar-refractivity contribution in [3.8, 4) is 0 Å². The van der Waals surface area contributed by atoms with Gasteiger partial charge in [0, 0.05) is 5.56 Å². The molecule has 76 valence electrons. The van der Waals surface area contributed by atoms with Crippen molar-refractivity contribution in [2.75, 3.05) is 0 Å². The highest BCUT2D eigenvalue weighted by Gasteiger charge is 2.27. The molecule has 1 aliphatic heterocycles. The zero-order valence-electron chi connectivity index (χ0n) is 8.87. The maximum atomic E-state index is 9.55. The molecule has 0 saturated carbocycles. The second-order valence-corrected chi connectivity index (χ2v) is 4.79. The molecule has 14 heavy (non-hydrogen) atoms. The first kappa shape index (κ1) is 9.69. The summed E-state index contributed by atoms with van der Waals surface area (Å²) in [5.74, 6) is 0. The molecule has 1 aromatic rings. The molecule has 2 heteroatoms. The molecule has 1 aliphatic rings. The minimum Gasteiger partial charge on any atom is -0.364 e. The third kappa shape index (κ3) is 1.45. The van der Waals surface area contributed by atoms with Crippen LogP contribution in [0.5, 0.6) is 0 Å². The summed E-state index contributed by atoms with van der Waals surface area (Å²) in [5, 5.41) is 9.55. The van der Waals surface area contributed by atoms with Gasteiger partial charge >= 0.3 is 0 Å². The van der Waals surface area contributed by atoms with Gasteiger partial charge < -0.3 is 9.84 Å². The highest BCUT2D eigenvalue weighted by molar-refractivity contribution is 5.41. The van der Waals surface area contributed by atoms with E-state index in [9.17, 15) is 5.11 Å². The highest BCUT2D eigenvalue weighted by Crippen LogP contribution is 2.36. The van der Waals surface area contributed by atoms with Crippen LogP contribution in [0.25, 0.3) is 0 Å². The molecule has 1 heterocycles. The third-order valence-corrected chi connectivity index (χ3v) is 2.67. The van der Waals surface area contributed by atoms with E-state index in [0.717, 1.165) is 11.1 Å². The van der Waals surface area contributed by atoms with Crippen LogP contribution < -0.4 is 0 Å². The van der Waals surface area contributed by atoms with Crippen LogP contribution >= 0.6 is 0 Å². The van der Waals surface area contributed by atoms with E-state index < -0.39 is 6.29 Å². The number of aliphatic hydroxyl groups is 1. The Bertz CT molecular complexity index is 350. The molecular weight excluding hydrogens is 176 g/mol. The van der Waals surface area contributed by atoms with E-state index in [-0.39, 0.29) is 5.41 Å². The summed E-state index contributed by atoms with van der Waals surface area (Å²) in [7, 11) is 0. The monoisotopic (exact) mass is 192 g/mol. The number of hydrogen-bond donors (Lipinski definition) is 1. The Morgan fingerprint density at radius 3 is 2.71 bits per heavy atom. The molecule has 1 unspecified atom stereocenters. The van der Waals surface area contributed by atoms with Crippen molar-refractivity contribution < 1.29 is 9.84 Å². The van der Waals surface area contributed by atoms with Gasteiger partial charge in [0.1, 0.15) is 0 Å². The molecule has 0 spiro atoms. The first-order valence-corrected chi connectivity index (χ1v) is 4.92. The molecule has 2 nitrogen and oxygen atoms in total. The fraction of sp³-hybridized carbons (Fsp3) is 0.500. The van der Waals surface area contributed by atoms with Crippen LogP contribution in [0.3, 0.4) is 0 Å². The standard InChI is InChI=1S/C12H16O2/c1-12(2,3)10-6-4-5-8-9(10)7-14-11(8)13/h4-6,11,13H,7H2,1-3H3. The van der Waals surface area contributed by atoms with Crippen molar-refractivity contribution in [1.29, 1.82) is 0 Å². The van der Waals surface area contributed by atoms with E-state index in [1.54, 1.807) is 0 Å². The maximum Gasteiger partial charge on any atom is 0.181 e. The van der Waals surface area contributed by atoms with Crippen molar-refractivity contribution >= 4 is 0 Å². The van der Waals surface area contributed by atoms with Crippen LogP contribution in [0, 0.1) is 0 Å². The lowest BCUT2D eigenvalue weighted by Gasteiger charge is -2.22. The quantitative estimate of drug-likeness (QED) is 0.684. The SMILES string of the molecule is CC(C)(C)c1cccc2c1COC2O. The Labute approximate surface area is 84.5 Å². The van der Waals surface area contributed by atoms with E-state index >= 15 is 0 Å². The van der Waals surface area contributed by atoms with E-state index in [1.807, 2.05) is 12.1 Å². The highest BCUT2D eigenvalue weighted by atomic mass is 16.6. The number of rotatable bonds is 0. The molecule has 0 amide bonds. The average Bonchev–Trinajstić information content (AvgIpc) is 2.46. The summed E-state index contributed by atoms with van der Waals surface area (Å²) < 4.78 is 5.21. The van der Waals surface area contributed by atoms with E-state index in [4.69, 9.17) is 4.74 Å². The van der Waals surface area contributed by atoms with Crippen molar-refractivity contribution in [2.45, 2.75) is 39.1 Å². The predicted molar refractivity (Wildman–Crippen MR) is 54.9 cm³/mol. The maximum absolute atomic E-state index is 9.55. The summed E-state index contributed by atoms with van der Waals surface area (Å²) >= 11 is 0. The molecule has 0 aliphatic carbocycles. The molecule has 1 atom stereocenters. The fourth-order valence-electron chi connectivity index (χ4n) is 1.95. The van der Waals surface area contributed by atoms with Gasteiger partial charge in [-0.05, 0) is 16.5 Å². The Hall–Kier alpha value is -0.860. The Morgan fingerprint density at radius 2 is 2.07 bits per heavy atom. The van der Waals surface area contributed by atoms with Crippen molar-refractivity contribution in [3.05, 3.63) is 34.9 Å². The summed E-state index contributed by atoms with van der Waals surface area (Å²) in [6, 6.07) is 6.03. The third-order valence-electron chi connectivity index (χ3n) is 2.67. The largest absolute Gasteiger partial charge is 0.364 e. The molecule has 0 bridgehead atoms. The van der Waals surface area contributed by atoms with E-state index in [1.165, 1.54) is 5.56 Å². The summed E-state index contributed by atoms with van der Waals surface area (Å²) in [6.45, 7) is 7.05. The van der Waals surface area contributed by atoms with Gasteiger partial charge in [-0.3, -0.25) is 0 Å². The molecule has 0 radical (unpaired) electrons. The average molecular weight is 192 g/mol. The number of hydrogen-bond acceptors (Lipinski definition) is 2. The molecule has 1 aromatic carbocycles. The van der Waals surface area contributed by atoms with Crippen LogP contribution in [-0.4, -0.2) is 5.11 Å². The molecule has 2 rings (SSSR count). The molecular formula is C12H16O2. The van der Waals surface area contributed by atoms with Crippen molar-refractivity contribution in [1.82, 2.24) is 0 Å². The van der Waals surface area contributed by atoms with Crippen LogP contribution in [0.4, 0.5) is 0 Å². The lowest BCUT2D eigenvalue weighted by atomic mass is 9.83. The van der Waals surface area contributed by atoms with Crippen LogP contribution in [0.2, 0.25) is 0 Å². The van der Waals surface area contributed by atoms with Gasteiger partial charge in [-0.1, -0.05) is 39.0 Å². The Kier molecular flexibility index (Phi) is 2.13. The molecule has 0 fully saturated rings. The number of aliphatic hydroxyl groups excluding tert-OH is 1. The Balaban J connectivity index is 2.55. The van der Waals surface area contributed by atoms with Crippen molar-refractivity contribution in [3.63, 3.8) is 0 Å². The van der Waals surface area contributed by atoms with Gasteiger partial charge in [0.25, 0.3) is 0 Å². The van der Waals surface area contributed by atoms with E-state index in [0.29, 0.717) is 6.61 Å². The molecule has 0 aromatic heterocycles. The lowest BCUT2D eigenvalue weighted by Crippen LogP contribution is -2.14. The van der Waals surface area contributed by atoms with Crippen LogP contribution in [0.15, 0.2) is 18.2 Å². The zero-order chi connectivity index (χ0) is 10.3. The van der Waals surface area contributed by atoms with E-state index in [2.05, 4.69) is 26.8 Å². The van der Waals surface area contributed by atoms with Gasteiger partial charge in [0.2, 0.25) is 0 Å². The van der Waals surface area contributed by atoms with Crippen LogP contribution in [-0.2, 0) is 16.8 Å². The lowest BCUT2D eigenvalue weighted by molar-refractivity contribution is -0.0919. The smallest absolute Gasteiger partial charge is 0.181 e. The second-order valence-electron chi connectivity index (χ2n) is 4.79. The van der Waals surface area contributed by atoms with Gasteiger partial charge in [-0.25, -0.2) is 0 Å². The topological polar surface area (TPSA) is 29.5 Å². The molecule has 0 saturated heterocycles. The predicted octanol–water partition coefficient (Wildman–Crippen LogP) is 2.51. The summed E-state index contributed by atoms with van der Waals surface area (Å²) in [6.07, 6.45) is -0.729. The number of benzene rings is 1. The van der Waals surface area contributed by atoms with Gasteiger partial charge in [-0.2, -0.15) is 0 Å². The number of ether oxygens (including phenoxy) is 1. The summed E-state index contributed by atoms with van der Waals surface area (Å²) in [5.41, 5.74) is 3.47. The molecule has 1 N–H and O–H groups in total. The van der Waals surface area contributed by atoms with Crippen LogP contribution in [0.1, 0.15) is 43.8 Å². The second kappa shape index (κ2) is 3.07. The first-order chi connectivity index (χ1) is 6.50. The normalized spacial score (nSPS) is 21.0. The minimum atomic E-state index is -0.729. The minimum absolute atomic E-state index is 0.110. The number of fused-ring (bicyclic) bond motifs is 1. The van der Waals surface area contributed by atoms with Gasteiger partial charge in [-0.15, -0.1) is 0 Å². The van der Waals surface area contributed by atoms with Crippen molar-refractivity contribution in [2.24, 2.45) is 0 Å². The Morgan fingerprint density at radius 1 is 1.36 bits per heavy atom. The fourth-order valence-corrected chi connectivity index (χ4v) is 1.95. The summed E-state index contributed by atoms with van der Waals surface area (Å²) in [4.78, 5) is 0. The van der Waals surface area contributed by atoms with Gasteiger partial charge in [0.15, 0.2) is 6.29 Å². The zero-order valence-corrected chi connectivity index (χ0v) is 8.87.